The van der Waals surface area contributed by atoms with E-state index in [-0.39, 0.29) is 23.1 Å². The summed E-state index contributed by atoms with van der Waals surface area (Å²) in [7, 11) is -3.35. The van der Waals surface area contributed by atoms with Crippen LogP contribution in [0.1, 0.15) is 24.0 Å². The summed E-state index contributed by atoms with van der Waals surface area (Å²) in [5.74, 6) is 0. The summed E-state index contributed by atoms with van der Waals surface area (Å²) in [5, 5.41) is 18.9. The molecular weight excluding hydrogens is 294 g/mol. The van der Waals surface area contributed by atoms with Gasteiger partial charge in [-0.1, -0.05) is 11.3 Å². The SMILES string of the molecule is CS(=O)(=O)c1nnc([C@@H]2CC[C@@H](NC(=O)O)CO2)s1. The van der Waals surface area contributed by atoms with Crippen molar-refractivity contribution < 1.29 is 23.1 Å². The van der Waals surface area contributed by atoms with Crippen LogP contribution in [0.3, 0.4) is 0 Å². The number of carboxylic acid groups (broad SMARTS) is 1. The van der Waals surface area contributed by atoms with Gasteiger partial charge >= 0.3 is 6.09 Å². The molecule has 1 aliphatic heterocycles. The molecule has 10 heteroatoms. The van der Waals surface area contributed by atoms with Gasteiger partial charge in [0.25, 0.3) is 0 Å². The van der Waals surface area contributed by atoms with Crippen LogP contribution in [0.25, 0.3) is 0 Å². The first kappa shape index (κ1) is 14.2. The fraction of sp³-hybridized carbons (Fsp3) is 0.667. The fourth-order valence-corrected chi connectivity index (χ4v) is 3.45. The van der Waals surface area contributed by atoms with Gasteiger partial charge in [0.05, 0.1) is 12.6 Å². The minimum absolute atomic E-state index is 0.0307. The zero-order chi connectivity index (χ0) is 14.0. The molecule has 1 saturated heterocycles. The average Bonchev–Trinajstić information content (AvgIpc) is 2.78. The van der Waals surface area contributed by atoms with Crippen molar-refractivity contribution in [1.29, 1.82) is 0 Å². The summed E-state index contributed by atoms with van der Waals surface area (Å²) in [4.78, 5) is 10.5. The second-order valence-electron chi connectivity index (χ2n) is 4.22. The molecule has 0 bridgehead atoms. The lowest BCUT2D eigenvalue weighted by molar-refractivity contribution is -0.00349. The number of ether oxygens (including phenoxy) is 1. The molecule has 0 aromatic carbocycles. The highest BCUT2D eigenvalue weighted by Gasteiger charge is 2.27. The third-order valence-corrected chi connectivity index (χ3v) is 5.30. The topological polar surface area (TPSA) is 118 Å². The number of amides is 1. The van der Waals surface area contributed by atoms with Gasteiger partial charge in [-0.2, -0.15) is 0 Å². The molecule has 106 valence electrons. The van der Waals surface area contributed by atoms with Crippen molar-refractivity contribution in [3.8, 4) is 0 Å². The Morgan fingerprint density at radius 1 is 1.47 bits per heavy atom. The first-order chi connectivity index (χ1) is 8.86. The van der Waals surface area contributed by atoms with E-state index in [0.29, 0.717) is 17.8 Å². The third kappa shape index (κ3) is 3.61. The zero-order valence-corrected chi connectivity index (χ0v) is 11.7. The van der Waals surface area contributed by atoms with E-state index in [2.05, 4.69) is 15.5 Å². The van der Waals surface area contributed by atoms with Gasteiger partial charge in [-0.3, -0.25) is 0 Å². The summed E-state index contributed by atoms with van der Waals surface area (Å²) < 4.78 is 28.0. The van der Waals surface area contributed by atoms with Gasteiger partial charge in [0, 0.05) is 6.26 Å². The van der Waals surface area contributed by atoms with Crippen molar-refractivity contribution in [1.82, 2.24) is 15.5 Å². The van der Waals surface area contributed by atoms with E-state index in [4.69, 9.17) is 9.84 Å². The number of hydrogen-bond acceptors (Lipinski definition) is 7. The fourth-order valence-electron chi connectivity index (χ4n) is 1.74. The molecule has 1 aromatic heterocycles. The van der Waals surface area contributed by atoms with Gasteiger partial charge in [0.15, 0.2) is 0 Å². The van der Waals surface area contributed by atoms with Crippen LogP contribution in [0, 0.1) is 0 Å². The predicted octanol–water partition coefficient (Wildman–Crippen LogP) is 0.429. The molecule has 2 heterocycles. The molecule has 0 radical (unpaired) electrons. The Kier molecular flexibility index (Phi) is 4.02. The molecule has 0 spiro atoms. The molecule has 8 nitrogen and oxygen atoms in total. The number of rotatable bonds is 3. The Hall–Kier alpha value is -1.26. The maximum absolute atomic E-state index is 11.3. The molecule has 2 N–H and O–H groups in total. The van der Waals surface area contributed by atoms with Gasteiger partial charge in [-0.05, 0) is 12.8 Å². The largest absolute Gasteiger partial charge is 0.465 e. The molecule has 19 heavy (non-hydrogen) atoms. The van der Waals surface area contributed by atoms with Crippen molar-refractivity contribution in [3.63, 3.8) is 0 Å². The lowest BCUT2D eigenvalue weighted by atomic mass is 10.1. The monoisotopic (exact) mass is 307 g/mol. The van der Waals surface area contributed by atoms with Crippen LogP contribution < -0.4 is 5.32 Å². The van der Waals surface area contributed by atoms with Gasteiger partial charge < -0.3 is 15.2 Å². The molecular formula is C9H13N3O5S2. The maximum Gasteiger partial charge on any atom is 0.404 e. The average molecular weight is 307 g/mol. The van der Waals surface area contributed by atoms with Crippen molar-refractivity contribution in [3.05, 3.63) is 5.01 Å². The number of carbonyl (C=O) groups is 1. The molecule has 0 unspecified atom stereocenters. The van der Waals surface area contributed by atoms with E-state index in [1.807, 2.05) is 0 Å². The van der Waals surface area contributed by atoms with Crippen molar-refractivity contribution in [2.75, 3.05) is 12.9 Å². The molecule has 2 atom stereocenters. The van der Waals surface area contributed by atoms with Gasteiger partial charge in [-0.25, -0.2) is 13.2 Å². The smallest absolute Gasteiger partial charge is 0.404 e. The van der Waals surface area contributed by atoms with Crippen molar-refractivity contribution >= 4 is 27.3 Å². The Balaban J connectivity index is 1.98. The van der Waals surface area contributed by atoms with Gasteiger partial charge in [0.1, 0.15) is 11.1 Å². The molecule has 1 amide bonds. The summed E-state index contributed by atoms with van der Waals surface area (Å²) in [6, 6.07) is -0.240. The number of aromatic nitrogens is 2. The highest BCUT2D eigenvalue weighted by atomic mass is 32.2. The van der Waals surface area contributed by atoms with E-state index in [0.717, 1.165) is 17.6 Å². The lowest BCUT2D eigenvalue weighted by Crippen LogP contribution is -2.40. The summed E-state index contributed by atoms with van der Waals surface area (Å²) in [5.41, 5.74) is 0. The van der Waals surface area contributed by atoms with E-state index in [9.17, 15) is 13.2 Å². The summed E-state index contributed by atoms with van der Waals surface area (Å²) >= 11 is 0.990. The number of nitrogens with one attached hydrogen (secondary N) is 1. The normalized spacial score (nSPS) is 24.1. The van der Waals surface area contributed by atoms with Crippen LogP contribution in [-0.2, 0) is 14.6 Å². The Bertz CT molecular complexity index is 562. The Morgan fingerprint density at radius 2 is 2.21 bits per heavy atom. The van der Waals surface area contributed by atoms with Gasteiger partial charge in [0.2, 0.25) is 14.2 Å². The van der Waals surface area contributed by atoms with E-state index in [1.165, 1.54) is 0 Å². The van der Waals surface area contributed by atoms with Gasteiger partial charge in [-0.15, -0.1) is 10.2 Å². The number of hydrogen-bond donors (Lipinski definition) is 2. The van der Waals surface area contributed by atoms with Crippen LogP contribution in [0.4, 0.5) is 4.79 Å². The highest BCUT2D eigenvalue weighted by molar-refractivity contribution is 7.92. The quantitative estimate of drug-likeness (QED) is 0.831. The Morgan fingerprint density at radius 3 is 2.68 bits per heavy atom. The second-order valence-corrected chi connectivity index (χ2v) is 7.42. The molecule has 2 rings (SSSR count). The molecule has 1 aliphatic rings. The maximum atomic E-state index is 11.3. The van der Waals surface area contributed by atoms with Crippen LogP contribution in [0.5, 0.6) is 0 Å². The van der Waals surface area contributed by atoms with E-state index in [1.54, 1.807) is 0 Å². The van der Waals surface area contributed by atoms with Crippen LogP contribution in [0.2, 0.25) is 0 Å². The molecule has 1 fully saturated rings. The van der Waals surface area contributed by atoms with Crippen LogP contribution in [-0.4, -0.2) is 48.7 Å². The van der Waals surface area contributed by atoms with E-state index < -0.39 is 15.9 Å². The molecule has 1 aromatic rings. The first-order valence-corrected chi connectivity index (χ1v) is 8.21. The lowest BCUT2D eigenvalue weighted by Gasteiger charge is -2.27. The minimum atomic E-state index is -3.35. The number of nitrogens with zero attached hydrogens (tertiary/aromatic N) is 2. The third-order valence-electron chi connectivity index (χ3n) is 2.62. The standard InChI is InChI=1S/C9H13N3O5S2/c1-19(15,16)9-12-11-7(18-9)6-3-2-5(4-17-6)10-8(13)14/h5-6,10H,2-4H2,1H3,(H,13,14)/t5-,6+/m1/s1. The van der Waals surface area contributed by atoms with Crippen molar-refractivity contribution in [2.24, 2.45) is 0 Å². The van der Waals surface area contributed by atoms with Crippen molar-refractivity contribution in [2.45, 2.75) is 29.3 Å². The van der Waals surface area contributed by atoms with Crippen LogP contribution in [0.15, 0.2) is 4.34 Å². The minimum Gasteiger partial charge on any atom is -0.465 e. The second kappa shape index (κ2) is 5.39. The summed E-state index contributed by atoms with van der Waals surface area (Å²) in [6.07, 6.45) is 0.863. The molecule has 0 aliphatic carbocycles. The predicted molar refractivity (Wildman–Crippen MR) is 65.9 cm³/mol. The first-order valence-electron chi connectivity index (χ1n) is 5.51. The summed E-state index contributed by atoms with van der Waals surface area (Å²) in [6.45, 7) is 0.241. The van der Waals surface area contributed by atoms with Crippen LogP contribution >= 0.6 is 11.3 Å². The molecule has 0 saturated carbocycles. The highest BCUT2D eigenvalue weighted by Crippen LogP contribution is 2.31. The number of sulfone groups is 1. The Labute approximate surface area is 113 Å². The zero-order valence-electron chi connectivity index (χ0n) is 10.1. The van der Waals surface area contributed by atoms with E-state index >= 15 is 0 Å².